The van der Waals surface area contributed by atoms with E-state index in [0.29, 0.717) is 5.56 Å². The average Bonchev–Trinajstić information content (AvgIpc) is 2.41. The molecular formula is C16H14N2. The van der Waals surface area contributed by atoms with Crippen molar-refractivity contribution in [2.24, 2.45) is 4.99 Å². The van der Waals surface area contributed by atoms with Crippen LogP contribution >= 0.6 is 0 Å². The first kappa shape index (κ1) is 12.1. The molecule has 0 unspecified atom stereocenters. The van der Waals surface area contributed by atoms with Crippen LogP contribution in [0.3, 0.4) is 0 Å². The maximum Gasteiger partial charge on any atom is 0.0991 e. The van der Waals surface area contributed by atoms with Crippen molar-refractivity contribution in [2.45, 2.75) is 13.8 Å². The second kappa shape index (κ2) is 5.29. The third kappa shape index (κ3) is 2.64. The fourth-order valence-corrected chi connectivity index (χ4v) is 1.75. The van der Waals surface area contributed by atoms with Gasteiger partial charge in [-0.3, -0.25) is 4.99 Å². The minimum absolute atomic E-state index is 0.659. The van der Waals surface area contributed by atoms with Gasteiger partial charge in [0.1, 0.15) is 0 Å². The van der Waals surface area contributed by atoms with Gasteiger partial charge in [0.05, 0.1) is 17.3 Å². The van der Waals surface area contributed by atoms with Gasteiger partial charge in [-0.05, 0) is 43.2 Å². The lowest BCUT2D eigenvalue weighted by Crippen LogP contribution is -1.94. The summed E-state index contributed by atoms with van der Waals surface area (Å²) in [5, 5.41) is 8.89. The topological polar surface area (TPSA) is 36.1 Å². The van der Waals surface area contributed by atoms with Gasteiger partial charge in [-0.25, -0.2) is 0 Å². The predicted octanol–water partition coefficient (Wildman–Crippen LogP) is 4.01. The Labute approximate surface area is 107 Å². The van der Waals surface area contributed by atoms with E-state index in [-0.39, 0.29) is 0 Å². The van der Waals surface area contributed by atoms with Gasteiger partial charge in [0, 0.05) is 5.71 Å². The Morgan fingerprint density at radius 1 is 1.11 bits per heavy atom. The van der Waals surface area contributed by atoms with E-state index in [1.54, 1.807) is 6.07 Å². The first-order valence-electron chi connectivity index (χ1n) is 5.82. The van der Waals surface area contributed by atoms with E-state index in [9.17, 15) is 0 Å². The maximum absolute atomic E-state index is 8.89. The molecule has 0 saturated carbocycles. The highest BCUT2D eigenvalue weighted by atomic mass is 14.7. The van der Waals surface area contributed by atoms with Crippen molar-refractivity contribution >= 4 is 11.4 Å². The van der Waals surface area contributed by atoms with Crippen molar-refractivity contribution in [1.82, 2.24) is 0 Å². The average molecular weight is 234 g/mol. The Kier molecular flexibility index (Phi) is 3.54. The van der Waals surface area contributed by atoms with E-state index >= 15 is 0 Å². The maximum atomic E-state index is 8.89. The summed E-state index contributed by atoms with van der Waals surface area (Å²) in [6, 6.07) is 17.7. The lowest BCUT2D eigenvalue weighted by molar-refractivity contribution is 1.38. The highest BCUT2D eigenvalue weighted by Gasteiger charge is 2.00. The minimum atomic E-state index is 0.659. The van der Waals surface area contributed by atoms with E-state index in [2.05, 4.69) is 11.1 Å². The molecule has 2 rings (SSSR count). The summed E-state index contributed by atoms with van der Waals surface area (Å²) >= 11 is 0. The van der Waals surface area contributed by atoms with Crippen LogP contribution in [0.5, 0.6) is 0 Å². The number of rotatable bonds is 2. The highest BCUT2D eigenvalue weighted by molar-refractivity contribution is 6.00. The molecule has 2 heteroatoms. The molecule has 0 amide bonds. The van der Waals surface area contributed by atoms with Crippen molar-refractivity contribution < 1.29 is 0 Å². The van der Waals surface area contributed by atoms with Crippen LogP contribution in [0.25, 0.3) is 0 Å². The molecule has 2 aromatic rings. The highest BCUT2D eigenvalue weighted by Crippen LogP contribution is 2.19. The molecule has 0 N–H and O–H groups in total. The largest absolute Gasteiger partial charge is 0.253 e. The molecule has 0 radical (unpaired) electrons. The summed E-state index contributed by atoms with van der Waals surface area (Å²) in [5.41, 5.74) is 4.68. The van der Waals surface area contributed by atoms with Crippen LogP contribution in [0, 0.1) is 18.3 Å². The molecule has 2 nitrogen and oxygen atoms in total. The molecular weight excluding hydrogens is 220 g/mol. The predicted molar refractivity (Wildman–Crippen MR) is 74.2 cm³/mol. The summed E-state index contributed by atoms with van der Waals surface area (Å²) in [5.74, 6) is 0. The first-order chi connectivity index (χ1) is 8.70. The zero-order chi connectivity index (χ0) is 13.0. The van der Waals surface area contributed by atoms with E-state index < -0.39 is 0 Å². The molecule has 2 aromatic carbocycles. The molecule has 0 heterocycles. The Morgan fingerprint density at radius 3 is 2.61 bits per heavy atom. The number of aliphatic imine (C=N–C) groups is 1. The van der Waals surface area contributed by atoms with Crippen LogP contribution in [0.1, 0.15) is 23.6 Å². The zero-order valence-corrected chi connectivity index (χ0v) is 10.5. The fourth-order valence-electron chi connectivity index (χ4n) is 1.75. The summed E-state index contributed by atoms with van der Waals surface area (Å²) in [4.78, 5) is 4.61. The molecule has 18 heavy (non-hydrogen) atoms. The lowest BCUT2D eigenvalue weighted by atomic mass is 10.1. The second-order valence-corrected chi connectivity index (χ2v) is 4.18. The molecule has 0 fully saturated rings. The SMILES string of the molecule is C/C(=N\c1ccccc1C)c1cccc(C#N)c1. The number of aryl methyl sites for hydroxylation is 1. The standard InChI is InChI=1S/C16H14N2/c1-12-6-3-4-9-16(12)18-13(2)15-8-5-7-14(10-15)11-17/h3-10H,1-2H3/b18-13+. The number of para-hydroxylation sites is 1. The third-order valence-corrected chi connectivity index (χ3v) is 2.81. The van der Waals surface area contributed by atoms with Gasteiger partial charge in [-0.1, -0.05) is 30.3 Å². The van der Waals surface area contributed by atoms with Gasteiger partial charge >= 0.3 is 0 Å². The van der Waals surface area contributed by atoms with Crippen molar-refractivity contribution in [2.75, 3.05) is 0 Å². The van der Waals surface area contributed by atoms with Crippen LogP contribution in [-0.2, 0) is 0 Å². The van der Waals surface area contributed by atoms with Crippen LogP contribution < -0.4 is 0 Å². The number of nitriles is 1. The number of hydrogen-bond donors (Lipinski definition) is 0. The fraction of sp³-hybridized carbons (Fsp3) is 0.125. The lowest BCUT2D eigenvalue weighted by Gasteiger charge is -2.03. The van der Waals surface area contributed by atoms with Crippen molar-refractivity contribution in [3.05, 3.63) is 65.2 Å². The van der Waals surface area contributed by atoms with Crippen molar-refractivity contribution in [3.63, 3.8) is 0 Å². The number of benzene rings is 2. The van der Waals surface area contributed by atoms with E-state index in [4.69, 9.17) is 5.26 Å². The quantitative estimate of drug-likeness (QED) is 0.723. The smallest absolute Gasteiger partial charge is 0.0991 e. The first-order valence-corrected chi connectivity index (χ1v) is 5.82. The monoisotopic (exact) mass is 234 g/mol. The molecule has 0 aliphatic rings. The molecule has 0 aliphatic carbocycles. The van der Waals surface area contributed by atoms with Gasteiger partial charge in [0.15, 0.2) is 0 Å². The third-order valence-electron chi connectivity index (χ3n) is 2.81. The Morgan fingerprint density at radius 2 is 1.89 bits per heavy atom. The summed E-state index contributed by atoms with van der Waals surface area (Å²) in [6.07, 6.45) is 0. The minimum Gasteiger partial charge on any atom is -0.253 e. The summed E-state index contributed by atoms with van der Waals surface area (Å²) < 4.78 is 0. The summed E-state index contributed by atoms with van der Waals surface area (Å²) in [6.45, 7) is 4.00. The van der Waals surface area contributed by atoms with Gasteiger partial charge in [0.2, 0.25) is 0 Å². The van der Waals surface area contributed by atoms with Gasteiger partial charge in [-0.2, -0.15) is 5.26 Å². The molecule has 0 saturated heterocycles. The van der Waals surface area contributed by atoms with E-state index in [1.165, 1.54) is 0 Å². The van der Waals surface area contributed by atoms with E-state index in [1.807, 2.05) is 56.3 Å². The van der Waals surface area contributed by atoms with Gasteiger partial charge in [-0.15, -0.1) is 0 Å². The van der Waals surface area contributed by atoms with Gasteiger partial charge < -0.3 is 0 Å². The normalized spacial score (nSPS) is 11.1. The molecule has 0 aliphatic heterocycles. The van der Waals surface area contributed by atoms with Crippen LogP contribution in [0.2, 0.25) is 0 Å². The second-order valence-electron chi connectivity index (χ2n) is 4.18. The zero-order valence-electron chi connectivity index (χ0n) is 10.5. The van der Waals surface area contributed by atoms with Crippen LogP contribution in [0.4, 0.5) is 5.69 Å². The molecule has 0 bridgehead atoms. The molecule has 0 atom stereocenters. The molecule has 0 aromatic heterocycles. The Balaban J connectivity index is 2.39. The number of nitrogens with zero attached hydrogens (tertiary/aromatic N) is 2. The van der Waals surface area contributed by atoms with Crippen molar-refractivity contribution in [3.8, 4) is 6.07 Å². The van der Waals surface area contributed by atoms with Crippen LogP contribution in [-0.4, -0.2) is 5.71 Å². The van der Waals surface area contributed by atoms with E-state index in [0.717, 1.165) is 22.5 Å². The Hall–Kier alpha value is -2.40. The molecule has 88 valence electrons. The van der Waals surface area contributed by atoms with Crippen LogP contribution in [0.15, 0.2) is 53.5 Å². The molecule has 0 spiro atoms. The summed E-state index contributed by atoms with van der Waals surface area (Å²) in [7, 11) is 0. The Bertz CT molecular complexity index is 634. The van der Waals surface area contributed by atoms with Crippen molar-refractivity contribution in [1.29, 1.82) is 5.26 Å². The van der Waals surface area contributed by atoms with Gasteiger partial charge in [0.25, 0.3) is 0 Å². The number of hydrogen-bond acceptors (Lipinski definition) is 2.